The summed E-state index contributed by atoms with van der Waals surface area (Å²) in [5.41, 5.74) is 6.39. The van der Waals surface area contributed by atoms with E-state index in [2.05, 4.69) is 62.8 Å². The maximum atomic E-state index is 4.48. The van der Waals surface area contributed by atoms with Gasteiger partial charge in [-0.25, -0.2) is 0 Å². The van der Waals surface area contributed by atoms with Crippen molar-refractivity contribution >= 4 is 0 Å². The largest absolute Gasteiger partial charge is 0.574 e. The Morgan fingerprint density at radius 2 is 1.61 bits per heavy atom. The summed E-state index contributed by atoms with van der Waals surface area (Å²) < 4.78 is 2.14. The van der Waals surface area contributed by atoms with E-state index >= 15 is 0 Å². The number of para-hydroxylation sites is 1. The molecule has 0 atom stereocenters. The van der Waals surface area contributed by atoms with E-state index in [1.807, 2.05) is 60.9 Å². The van der Waals surface area contributed by atoms with Crippen LogP contribution in [0.15, 0.2) is 91.5 Å². The molecule has 0 saturated carbocycles. The molecule has 0 aliphatic carbocycles. The average Bonchev–Trinajstić information content (AvgIpc) is 3.48. The van der Waals surface area contributed by atoms with Crippen molar-refractivity contribution in [1.82, 2.24) is 24.7 Å². The first-order valence-corrected chi connectivity index (χ1v) is 9.67. The van der Waals surface area contributed by atoms with E-state index in [1.54, 1.807) is 12.4 Å². The van der Waals surface area contributed by atoms with Gasteiger partial charge in [0.25, 0.3) is 0 Å². The third-order valence-corrected chi connectivity index (χ3v) is 4.66. The van der Waals surface area contributed by atoms with Gasteiger partial charge in [-0.15, -0.1) is 35.9 Å². The molecule has 0 unspecified atom stereocenters. The van der Waals surface area contributed by atoms with Crippen LogP contribution in [-0.4, -0.2) is 19.6 Å². The Morgan fingerprint density at radius 1 is 0.806 bits per heavy atom. The number of aromatic nitrogens is 5. The third-order valence-electron chi connectivity index (χ3n) is 4.66. The molecule has 31 heavy (non-hydrogen) atoms. The van der Waals surface area contributed by atoms with Crippen LogP contribution in [0.2, 0.25) is 0 Å². The quantitative estimate of drug-likeness (QED) is 0.279. The maximum Gasteiger partial charge on any atom is 0.0602 e. The van der Waals surface area contributed by atoms with E-state index in [1.165, 1.54) is 16.8 Å². The molecule has 0 N–H and O–H groups in total. The monoisotopic (exact) mass is 584 g/mol. The Hall–Kier alpha value is -3.34. The molecular formula is C25H21IrN5-2. The fourth-order valence-electron chi connectivity index (χ4n) is 3.28. The number of imidazole rings is 1. The standard InChI is InChI=1S/C17H15N2.C8H6N3.Ir/c1-13-7-6-8-14(2)16(13)19-12-11-18-17(19)15-9-4-3-5-10-15;1-2-5-9-7(3-1)8-4-6-10-11-8;/h3-9,11-12H,1-2H3;1-6H;/q2*-1;. The number of hydrogen-bond donors (Lipinski definition) is 0. The molecule has 5 aromatic rings. The molecule has 0 spiro atoms. The number of rotatable bonds is 3. The second kappa shape index (κ2) is 10.6. The third kappa shape index (κ3) is 5.23. The summed E-state index contributed by atoms with van der Waals surface area (Å²) in [6, 6.07) is 25.0. The van der Waals surface area contributed by atoms with Crippen LogP contribution >= 0.6 is 0 Å². The Labute approximate surface area is 195 Å². The van der Waals surface area contributed by atoms with Crippen LogP contribution in [0.1, 0.15) is 11.1 Å². The van der Waals surface area contributed by atoms with Gasteiger partial charge in [-0.3, -0.25) is 9.97 Å². The predicted octanol–water partition coefficient (Wildman–Crippen LogP) is 5.05. The van der Waals surface area contributed by atoms with Gasteiger partial charge in [-0.2, -0.15) is 0 Å². The van der Waals surface area contributed by atoms with Crippen molar-refractivity contribution in [1.29, 1.82) is 0 Å². The van der Waals surface area contributed by atoms with Crippen LogP contribution in [0, 0.1) is 19.9 Å². The van der Waals surface area contributed by atoms with Crippen LogP contribution in [0.25, 0.3) is 28.5 Å². The van der Waals surface area contributed by atoms with Crippen molar-refractivity contribution in [3.8, 4) is 28.5 Å². The molecule has 3 heterocycles. The molecule has 5 rings (SSSR count). The molecule has 0 amide bonds. The van der Waals surface area contributed by atoms with Gasteiger partial charge in [0, 0.05) is 56.3 Å². The van der Waals surface area contributed by atoms with Gasteiger partial charge in [-0.1, -0.05) is 36.0 Å². The van der Waals surface area contributed by atoms with Crippen molar-refractivity contribution in [3.05, 3.63) is 109 Å². The molecule has 0 bridgehead atoms. The van der Waals surface area contributed by atoms with E-state index in [0.717, 1.165) is 22.8 Å². The SMILES string of the molecule is Cc1cccc(C)c1-n1ccnc1-c1[c-]cccc1.[Ir].c1ccc(-c2ccn[n-]2)nc1. The topological polar surface area (TPSA) is 57.7 Å². The van der Waals surface area contributed by atoms with Gasteiger partial charge in [0.15, 0.2) is 0 Å². The summed E-state index contributed by atoms with van der Waals surface area (Å²) in [5.74, 6) is 0.929. The Balaban J connectivity index is 0.000000194. The first-order valence-electron chi connectivity index (χ1n) is 9.67. The molecule has 0 aliphatic rings. The Morgan fingerprint density at radius 3 is 2.26 bits per heavy atom. The van der Waals surface area contributed by atoms with Gasteiger partial charge in [-0.05, 0) is 37.1 Å². The Bertz CT molecular complexity index is 1180. The number of nitrogens with zero attached hydrogens (tertiary/aromatic N) is 5. The van der Waals surface area contributed by atoms with Gasteiger partial charge < -0.3 is 14.8 Å². The smallest absolute Gasteiger partial charge is 0.0602 e. The molecule has 5 nitrogen and oxygen atoms in total. The molecule has 157 valence electrons. The number of aryl methyl sites for hydroxylation is 2. The van der Waals surface area contributed by atoms with Crippen molar-refractivity contribution < 1.29 is 20.1 Å². The van der Waals surface area contributed by atoms with Crippen molar-refractivity contribution in [3.63, 3.8) is 0 Å². The maximum absolute atomic E-state index is 4.48. The van der Waals surface area contributed by atoms with Gasteiger partial charge in [0.05, 0.1) is 5.82 Å². The summed E-state index contributed by atoms with van der Waals surface area (Å²) in [6.07, 6.45) is 7.24. The van der Waals surface area contributed by atoms with Crippen LogP contribution in [0.3, 0.4) is 0 Å². The van der Waals surface area contributed by atoms with E-state index < -0.39 is 0 Å². The molecule has 2 aromatic carbocycles. The van der Waals surface area contributed by atoms with Gasteiger partial charge in [0.2, 0.25) is 0 Å². The Kier molecular flexibility index (Phi) is 7.65. The summed E-state index contributed by atoms with van der Waals surface area (Å²) in [6.45, 7) is 4.25. The molecular weight excluding hydrogens is 563 g/mol. The van der Waals surface area contributed by atoms with E-state index in [4.69, 9.17) is 0 Å². The first-order chi connectivity index (χ1) is 14.7. The zero-order valence-electron chi connectivity index (χ0n) is 17.2. The molecule has 1 radical (unpaired) electrons. The summed E-state index contributed by atoms with van der Waals surface area (Å²) in [4.78, 5) is 8.60. The molecule has 3 aromatic heterocycles. The molecule has 0 saturated heterocycles. The summed E-state index contributed by atoms with van der Waals surface area (Å²) in [5, 5.41) is 7.58. The average molecular weight is 584 g/mol. The fraction of sp³-hybridized carbons (Fsp3) is 0.0800. The second-order valence-electron chi connectivity index (χ2n) is 6.77. The minimum Gasteiger partial charge on any atom is -0.574 e. The molecule has 6 heteroatoms. The zero-order chi connectivity index (χ0) is 20.8. The minimum absolute atomic E-state index is 0. The van der Waals surface area contributed by atoms with Gasteiger partial charge in [0.1, 0.15) is 0 Å². The predicted molar refractivity (Wildman–Crippen MR) is 118 cm³/mol. The van der Waals surface area contributed by atoms with Crippen molar-refractivity contribution in [2.24, 2.45) is 0 Å². The van der Waals surface area contributed by atoms with E-state index in [0.29, 0.717) is 0 Å². The second-order valence-corrected chi connectivity index (χ2v) is 6.77. The fourth-order valence-corrected chi connectivity index (χ4v) is 3.28. The normalized spacial score (nSPS) is 10.0. The number of benzene rings is 2. The molecule has 0 aliphatic heterocycles. The van der Waals surface area contributed by atoms with E-state index in [9.17, 15) is 0 Å². The van der Waals surface area contributed by atoms with Gasteiger partial charge >= 0.3 is 0 Å². The van der Waals surface area contributed by atoms with Crippen LogP contribution < -0.4 is 5.10 Å². The van der Waals surface area contributed by atoms with Crippen LogP contribution in [-0.2, 0) is 20.1 Å². The van der Waals surface area contributed by atoms with E-state index in [-0.39, 0.29) is 20.1 Å². The number of pyridine rings is 1. The van der Waals surface area contributed by atoms with Crippen molar-refractivity contribution in [2.45, 2.75) is 13.8 Å². The molecule has 0 fully saturated rings. The van der Waals surface area contributed by atoms with Crippen LogP contribution in [0.5, 0.6) is 0 Å². The van der Waals surface area contributed by atoms with Crippen molar-refractivity contribution in [2.75, 3.05) is 0 Å². The minimum atomic E-state index is 0. The first kappa shape index (κ1) is 22.3. The summed E-state index contributed by atoms with van der Waals surface area (Å²) in [7, 11) is 0. The zero-order valence-corrected chi connectivity index (χ0v) is 19.6. The van der Waals surface area contributed by atoms with Crippen LogP contribution in [0.4, 0.5) is 0 Å². The summed E-state index contributed by atoms with van der Waals surface area (Å²) >= 11 is 0. The number of hydrogen-bond acceptors (Lipinski definition) is 3.